The number of hydrogen-bond donors (Lipinski definition) is 0. The molecule has 0 fully saturated rings. The van der Waals surface area contributed by atoms with Crippen molar-refractivity contribution < 1.29 is 9.59 Å². The maximum Gasteiger partial charge on any atom is 0.173 e. The molecular weight excluding hydrogens is 352 g/mol. The molecule has 0 spiro atoms. The van der Waals surface area contributed by atoms with E-state index >= 15 is 0 Å². The molecule has 0 N–H and O–H groups in total. The van der Waals surface area contributed by atoms with Crippen molar-refractivity contribution in [3.05, 3.63) is 44.8 Å². The minimum atomic E-state index is 0.0696. The van der Waals surface area contributed by atoms with Gasteiger partial charge in [-0.3, -0.25) is 9.59 Å². The summed E-state index contributed by atoms with van der Waals surface area (Å²) in [5.74, 6) is 0.139. The average molecular weight is 363 g/mol. The van der Waals surface area contributed by atoms with Crippen molar-refractivity contribution in [2.24, 2.45) is 0 Å². The quantitative estimate of drug-likeness (QED) is 0.403. The molecule has 4 aromatic heterocycles. The van der Waals surface area contributed by atoms with Crippen LogP contribution in [-0.4, -0.2) is 11.6 Å². The van der Waals surface area contributed by atoms with Gasteiger partial charge in [-0.15, -0.1) is 45.3 Å². The van der Waals surface area contributed by atoms with E-state index < -0.39 is 0 Å². The molecule has 0 aliphatic heterocycles. The maximum atomic E-state index is 12.2. The molecule has 0 aliphatic carbocycles. The minimum absolute atomic E-state index is 0.0696. The third kappa shape index (κ3) is 2.56. The van der Waals surface area contributed by atoms with Crippen LogP contribution in [0.5, 0.6) is 0 Å². The van der Waals surface area contributed by atoms with Crippen molar-refractivity contribution in [2.45, 2.75) is 12.8 Å². The lowest BCUT2D eigenvalue weighted by Gasteiger charge is -1.97. The molecule has 4 aromatic rings. The van der Waals surface area contributed by atoms with E-state index in [9.17, 15) is 9.59 Å². The van der Waals surface area contributed by atoms with Gasteiger partial charge in [0.15, 0.2) is 11.6 Å². The third-order valence-electron chi connectivity index (χ3n) is 3.41. The molecule has 0 saturated carbocycles. The van der Waals surface area contributed by atoms with Crippen molar-refractivity contribution in [1.29, 1.82) is 0 Å². The van der Waals surface area contributed by atoms with E-state index in [1.165, 1.54) is 22.7 Å². The Morgan fingerprint density at radius 1 is 0.727 bits per heavy atom. The first-order valence-corrected chi connectivity index (χ1v) is 10.1. The fourth-order valence-corrected chi connectivity index (χ4v) is 6.43. The van der Waals surface area contributed by atoms with E-state index in [-0.39, 0.29) is 24.4 Å². The van der Waals surface area contributed by atoms with Gasteiger partial charge in [0.1, 0.15) is 0 Å². The van der Waals surface area contributed by atoms with Crippen LogP contribution in [-0.2, 0) is 0 Å². The van der Waals surface area contributed by atoms with E-state index in [1.54, 1.807) is 22.7 Å². The van der Waals surface area contributed by atoms with Crippen LogP contribution in [0.25, 0.3) is 18.8 Å². The van der Waals surface area contributed by atoms with Gasteiger partial charge in [0.2, 0.25) is 0 Å². The largest absolute Gasteiger partial charge is 0.293 e. The molecule has 4 rings (SSSR count). The van der Waals surface area contributed by atoms with Crippen molar-refractivity contribution >= 4 is 75.7 Å². The van der Waals surface area contributed by atoms with Crippen molar-refractivity contribution in [2.75, 3.05) is 0 Å². The molecule has 0 radical (unpaired) electrons. The SMILES string of the molecule is O=C(CCC(=O)c1cc2sccc2s1)c1cc2sccc2s1. The normalized spacial score (nSPS) is 11.5. The lowest BCUT2D eigenvalue weighted by Crippen LogP contribution is -2.02. The fourth-order valence-electron chi connectivity index (χ4n) is 2.28. The summed E-state index contributed by atoms with van der Waals surface area (Å²) in [7, 11) is 0. The Hall–Kier alpha value is -1.34. The predicted octanol–water partition coefficient (Wildman–Crippen LogP) is 6.08. The summed E-state index contributed by atoms with van der Waals surface area (Å²) in [5.41, 5.74) is 0. The van der Waals surface area contributed by atoms with Gasteiger partial charge >= 0.3 is 0 Å². The first-order chi connectivity index (χ1) is 10.7. The summed E-state index contributed by atoms with van der Waals surface area (Å²) in [6.45, 7) is 0. The van der Waals surface area contributed by atoms with Gasteiger partial charge in [0, 0.05) is 31.6 Å². The van der Waals surface area contributed by atoms with E-state index in [0.29, 0.717) is 0 Å². The summed E-state index contributed by atoms with van der Waals surface area (Å²) < 4.78 is 4.60. The number of hydrogen-bond acceptors (Lipinski definition) is 6. The van der Waals surface area contributed by atoms with Gasteiger partial charge in [-0.2, -0.15) is 0 Å². The van der Waals surface area contributed by atoms with Crippen LogP contribution >= 0.6 is 45.3 Å². The first kappa shape index (κ1) is 14.3. The molecule has 110 valence electrons. The predicted molar refractivity (Wildman–Crippen MR) is 97.3 cm³/mol. The van der Waals surface area contributed by atoms with Crippen LogP contribution in [0.4, 0.5) is 0 Å². The molecule has 0 amide bonds. The van der Waals surface area contributed by atoms with Gasteiger partial charge in [-0.1, -0.05) is 0 Å². The Kier molecular flexibility index (Phi) is 3.69. The van der Waals surface area contributed by atoms with Gasteiger partial charge in [-0.25, -0.2) is 0 Å². The van der Waals surface area contributed by atoms with E-state index in [2.05, 4.69) is 0 Å². The van der Waals surface area contributed by atoms with Gasteiger partial charge in [0.05, 0.1) is 9.75 Å². The molecule has 0 bridgehead atoms. The zero-order chi connectivity index (χ0) is 15.1. The summed E-state index contributed by atoms with van der Waals surface area (Å²) in [5, 5.41) is 4.06. The monoisotopic (exact) mass is 362 g/mol. The summed E-state index contributed by atoms with van der Waals surface area (Å²) >= 11 is 6.33. The molecular formula is C16H10O2S4. The highest BCUT2D eigenvalue weighted by atomic mass is 32.1. The summed E-state index contributed by atoms with van der Waals surface area (Å²) in [6.07, 6.45) is 0.580. The van der Waals surface area contributed by atoms with Crippen LogP contribution in [0.1, 0.15) is 32.2 Å². The van der Waals surface area contributed by atoms with Crippen LogP contribution in [0.15, 0.2) is 35.0 Å². The Labute approximate surface area is 142 Å². The molecule has 0 atom stereocenters. The number of rotatable bonds is 5. The highest BCUT2D eigenvalue weighted by Crippen LogP contribution is 2.32. The molecule has 4 heterocycles. The maximum absolute atomic E-state index is 12.2. The summed E-state index contributed by atoms with van der Waals surface area (Å²) in [4.78, 5) is 26.0. The zero-order valence-electron chi connectivity index (χ0n) is 11.3. The lowest BCUT2D eigenvalue weighted by atomic mass is 10.1. The van der Waals surface area contributed by atoms with Crippen LogP contribution < -0.4 is 0 Å². The van der Waals surface area contributed by atoms with Crippen LogP contribution in [0.2, 0.25) is 0 Å². The number of thiophene rings is 4. The second-order valence-corrected chi connectivity index (χ2v) is 8.93. The lowest BCUT2D eigenvalue weighted by molar-refractivity contribution is 0.0921. The minimum Gasteiger partial charge on any atom is -0.293 e. The topological polar surface area (TPSA) is 34.1 Å². The number of fused-ring (bicyclic) bond motifs is 2. The summed E-state index contributed by atoms with van der Waals surface area (Å²) in [6, 6.07) is 7.95. The van der Waals surface area contributed by atoms with Gasteiger partial charge in [-0.05, 0) is 35.0 Å². The van der Waals surface area contributed by atoms with Crippen LogP contribution in [0.3, 0.4) is 0 Å². The van der Waals surface area contributed by atoms with E-state index in [0.717, 1.165) is 28.6 Å². The number of Topliss-reactive ketones (excluding diaryl/α,β-unsaturated/α-hetero) is 2. The Bertz CT molecular complexity index is 844. The molecule has 6 heteroatoms. The fraction of sp³-hybridized carbons (Fsp3) is 0.125. The Balaban J connectivity index is 1.45. The first-order valence-electron chi connectivity index (χ1n) is 6.71. The number of ketones is 2. The highest BCUT2D eigenvalue weighted by Gasteiger charge is 2.16. The van der Waals surface area contributed by atoms with Crippen molar-refractivity contribution in [1.82, 2.24) is 0 Å². The highest BCUT2D eigenvalue weighted by molar-refractivity contribution is 7.28. The number of carbonyl (C=O) groups excluding carboxylic acids is 2. The smallest absolute Gasteiger partial charge is 0.173 e. The third-order valence-corrected chi connectivity index (χ3v) is 7.68. The molecule has 0 saturated heterocycles. The zero-order valence-corrected chi connectivity index (χ0v) is 14.6. The van der Waals surface area contributed by atoms with Crippen LogP contribution in [0, 0.1) is 0 Å². The Morgan fingerprint density at radius 2 is 1.18 bits per heavy atom. The van der Waals surface area contributed by atoms with Crippen molar-refractivity contribution in [3.63, 3.8) is 0 Å². The average Bonchev–Trinajstić information content (AvgIpc) is 3.20. The second kappa shape index (κ2) is 5.70. The van der Waals surface area contributed by atoms with E-state index in [1.807, 2.05) is 35.0 Å². The molecule has 0 unspecified atom stereocenters. The van der Waals surface area contributed by atoms with E-state index in [4.69, 9.17) is 0 Å². The van der Waals surface area contributed by atoms with Crippen molar-refractivity contribution in [3.8, 4) is 0 Å². The molecule has 0 aliphatic rings. The standard InChI is InChI=1S/C16H10O2S4/c17-9(13-7-15-11(21-13)3-5-19-15)1-2-10(18)14-8-16-12(22-14)4-6-20-16/h3-8H,1-2H2. The second-order valence-electron chi connectivity index (χ2n) is 4.87. The molecule has 0 aromatic carbocycles. The van der Waals surface area contributed by atoms with Gasteiger partial charge in [0.25, 0.3) is 0 Å². The Morgan fingerprint density at radius 3 is 1.59 bits per heavy atom. The molecule has 22 heavy (non-hydrogen) atoms. The number of carbonyl (C=O) groups is 2. The van der Waals surface area contributed by atoms with Gasteiger partial charge < -0.3 is 0 Å². The molecule has 2 nitrogen and oxygen atoms in total.